The fraction of sp³-hybridized carbons (Fsp3) is 0.273. The van der Waals surface area contributed by atoms with Gasteiger partial charge in [0.25, 0.3) is 5.91 Å². The van der Waals surface area contributed by atoms with Crippen molar-refractivity contribution in [3.05, 3.63) is 54.6 Å². The highest BCUT2D eigenvalue weighted by molar-refractivity contribution is 6.44. The third-order valence-electron chi connectivity index (χ3n) is 4.32. The van der Waals surface area contributed by atoms with Crippen molar-refractivity contribution in [1.82, 2.24) is 0 Å². The van der Waals surface area contributed by atoms with E-state index in [9.17, 15) is 14.4 Å². The fourth-order valence-corrected chi connectivity index (χ4v) is 2.91. The van der Waals surface area contributed by atoms with Gasteiger partial charge < -0.3 is 10.6 Å². The molecule has 3 amide bonds. The summed E-state index contributed by atoms with van der Waals surface area (Å²) in [5, 5.41) is 11.1. The molecule has 1 heterocycles. The summed E-state index contributed by atoms with van der Waals surface area (Å²) < 4.78 is 0. The highest BCUT2D eigenvalue weighted by Gasteiger charge is 2.25. The number of nitrogens with one attached hydrogen (secondary N) is 2. The van der Waals surface area contributed by atoms with Gasteiger partial charge in [0.1, 0.15) is 5.71 Å². The molecule has 29 heavy (non-hydrogen) atoms. The maximum atomic E-state index is 12.6. The van der Waals surface area contributed by atoms with E-state index in [2.05, 4.69) is 15.7 Å². The molecule has 0 saturated heterocycles. The van der Waals surface area contributed by atoms with Gasteiger partial charge in [-0.2, -0.15) is 5.10 Å². The number of nitrogens with zero attached hydrogens (tertiary/aromatic N) is 2. The van der Waals surface area contributed by atoms with Crippen LogP contribution in [0.5, 0.6) is 0 Å². The fourth-order valence-electron chi connectivity index (χ4n) is 2.91. The van der Waals surface area contributed by atoms with Crippen molar-refractivity contribution >= 4 is 40.5 Å². The molecule has 2 aromatic rings. The molecule has 0 aliphatic carbocycles. The first-order valence-corrected chi connectivity index (χ1v) is 9.59. The lowest BCUT2D eigenvalue weighted by atomic mass is 10.1. The summed E-state index contributed by atoms with van der Waals surface area (Å²) in [6.45, 7) is 3.97. The van der Waals surface area contributed by atoms with E-state index < -0.39 is 0 Å². The molecule has 150 valence electrons. The molecule has 0 fully saturated rings. The average molecular weight is 392 g/mol. The second kappa shape index (κ2) is 9.14. The van der Waals surface area contributed by atoms with Gasteiger partial charge in [0.15, 0.2) is 0 Å². The zero-order valence-electron chi connectivity index (χ0n) is 16.5. The zero-order chi connectivity index (χ0) is 20.8. The largest absolute Gasteiger partial charge is 0.326 e. The Bertz CT molecular complexity index is 921. The lowest BCUT2D eigenvalue weighted by molar-refractivity contribution is -0.119. The number of hydrazone groups is 1. The molecule has 0 spiro atoms. The van der Waals surface area contributed by atoms with E-state index in [1.54, 1.807) is 36.4 Å². The van der Waals surface area contributed by atoms with Crippen LogP contribution in [0, 0.1) is 5.92 Å². The summed E-state index contributed by atoms with van der Waals surface area (Å²) in [5.74, 6) is -0.254. The maximum Gasteiger partial charge on any atom is 0.271 e. The highest BCUT2D eigenvalue weighted by atomic mass is 16.2. The van der Waals surface area contributed by atoms with E-state index in [0.717, 1.165) is 0 Å². The van der Waals surface area contributed by atoms with Crippen LogP contribution in [0.1, 0.15) is 33.1 Å². The number of carbonyl (C=O) groups excluding carboxylic acids is 3. The maximum absolute atomic E-state index is 12.6. The van der Waals surface area contributed by atoms with Gasteiger partial charge in [-0.25, -0.2) is 5.01 Å². The van der Waals surface area contributed by atoms with Gasteiger partial charge in [0, 0.05) is 30.6 Å². The van der Waals surface area contributed by atoms with E-state index in [1.807, 2.05) is 32.0 Å². The molecule has 7 nitrogen and oxygen atoms in total. The molecule has 0 radical (unpaired) electrons. The van der Waals surface area contributed by atoms with Crippen LogP contribution >= 0.6 is 0 Å². The first-order valence-electron chi connectivity index (χ1n) is 9.59. The Kier molecular flexibility index (Phi) is 6.39. The number of hydrogen-bond acceptors (Lipinski definition) is 4. The number of benzene rings is 2. The Morgan fingerprint density at radius 1 is 0.966 bits per heavy atom. The predicted octanol–water partition coefficient (Wildman–Crippen LogP) is 3.79. The Hall–Kier alpha value is -3.48. The quantitative estimate of drug-likeness (QED) is 0.783. The minimum Gasteiger partial charge on any atom is -0.326 e. The second-order valence-electron chi connectivity index (χ2n) is 7.27. The molecule has 3 rings (SSSR count). The molecular formula is C22H24N4O3. The Labute approximate surface area is 169 Å². The number of amides is 3. The van der Waals surface area contributed by atoms with Gasteiger partial charge >= 0.3 is 0 Å². The molecule has 2 aromatic carbocycles. The Morgan fingerprint density at radius 3 is 2.21 bits per heavy atom. The molecular weight excluding hydrogens is 368 g/mol. The van der Waals surface area contributed by atoms with Crippen LogP contribution in [0.15, 0.2) is 59.7 Å². The van der Waals surface area contributed by atoms with Crippen molar-refractivity contribution < 1.29 is 14.4 Å². The molecule has 2 N–H and O–H groups in total. The topological polar surface area (TPSA) is 90.9 Å². The van der Waals surface area contributed by atoms with Crippen LogP contribution in [-0.2, 0) is 14.4 Å². The molecule has 7 heteroatoms. The summed E-state index contributed by atoms with van der Waals surface area (Å²) in [6.07, 6.45) is 0.967. The molecule has 0 saturated carbocycles. The molecule has 1 aliphatic rings. The van der Waals surface area contributed by atoms with Gasteiger partial charge in [-0.05, 0) is 42.3 Å². The van der Waals surface area contributed by atoms with Crippen LogP contribution in [0.4, 0.5) is 17.1 Å². The van der Waals surface area contributed by atoms with Gasteiger partial charge in [0.2, 0.25) is 11.8 Å². The summed E-state index contributed by atoms with van der Waals surface area (Å²) in [7, 11) is 0. The van der Waals surface area contributed by atoms with E-state index in [4.69, 9.17) is 0 Å². The Morgan fingerprint density at radius 2 is 1.59 bits per heavy atom. The predicted molar refractivity (Wildman–Crippen MR) is 114 cm³/mol. The van der Waals surface area contributed by atoms with Crippen LogP contribution < -0.4 is 15.6 Å². The van der Waals surface area contributed by atoms with Gasteiger partial charge in [0.05, 0.1) is 5.69 Å². The first kappa shape index (κ1) is 20.3. The zero-order valence-corrected chi connectivity index (χ0v) is 16.5. The minimum absolute atomic E-state index is 0.0426. The van der Waals surface area contributed by atoms with Crippen molar-refractivity contribution in [1.29, 1.82) is 0 Å². The second-order valence-corrected chi connectivity index (χ2v) is 7.27. The van der Waals surface area contributed by atoms with Gasteiger partial charge in [-0.1, -0.05) is 32.0 Å². The average Bonchev–Trinajstić information content (AvgIpc) is 2.70. The van der Waals surface area contributed by atoms with Crippen LogP contribution in [0.3, 0.4) is 0 Å². The van der Waals surface area contributed by atoms with E-state index in [-0.39, 0.29) is 36.5 Å². The molecule has 0 atom stereocenters. The van der Waals surface area contributed by atoms with Crippen LogP contribution in [-0.4, -0.2) is 23.4 Å². The van der Waals surface area contributed by atoms with Gasteiger partial charge in [-0.15, -0.1) is 0 Å². The van der Waals surface area contributed by atoms with Gasteiger partial charge in [-0.3, -0.25) is 14.4 Å². The molecule has 0 aromatic heterocycles. The van der Waals surface area contributed by atoms with E-state index in [0.29, 0.717) is 29.2 Å². The van der Waals surface area contributed by atoms with Crippen LogP contribution in [0.25, 0.3) is 0 Å². The highest BCUT2D eigenvalue weighted by Crippen LogP contribution is 2.21. The molecule has 0 unspecified atom stereocenters. The Balaban J connectivity index is 1.65. The summed E-state index contributed by atoms with van der Waals surface area (Å²) in [5.41, 5.74) is 2.18. The number of hydrogen-bond donors (Lipinski definition) is 2. The first-order chi connectivity index (χ1) is 13.9. The SMILES string of the molecule is CC(C)CC(=O)Nc1ccc(NC(=O)C2=NN(c3ccccc3)C(=O)CC2)cc1. The third-order valence-corrected chi connectivity index (χ3v) is 4.32. The number of anilines is 3. The number of para-hydroxylation sites is 1. The van der Waals surface area contributed by atoms with Crippen molar-refractivity contribution in [2.75, 3.05) is 15.6 Å². The minimum atomic E-state index is -0.352. The van der Waals surface area contributed by atoms with Crippen molar-refractivity contribution in [3.63, 3.8) is 0 Å². The molecule has 1 aliphatic heterocycles. The van der Waals surface area contributed by atoms with Crippen LogP contribution in [0.2, 0.25) is 0 Å². The monoisotopic (exact) mass is 392 g/mol. The van der Waals surface area contributed by atoms with Crippen molar-refractivity contribution in [2.24, 2.45) is 11.0 Å². The summed E-state index contributed by atoms with van der Waals surface area (Å²) in [4.78, 5) is 36.6. The van der Waals surface area contributed by atoms with E-state index >= 15 is 0 Å². The lowest BCUT2D eigenvalue weighted by Crippen LogP contribution is -2.36. The molecule has 0 bridgehead atoms. The summed E-state index contributed by atoms with van der Waals surface area (Å²) in [6, 6.07) is 15.9. The smallest absolute Gasteiger partial charge is 0.271 e. The number of carbonyl (C=O) groups is 3. The number of rotatable bonds is 6. The summed E-state index contributed by atoms with van der Waals surface area (Å²) >= 11 is 0. The van der Waals surface area contributed by atoms with Crippen molar-refractivity contribution in [3.8, 4) is 0 Å². The lowest BCUT2D eigenvalue weighted by Gasteiger charge is -2.23. The normalized spacial score (nSPS) is 13.8. The standard InChI is InChI=1S/C22H24N4O3/c1-15(2)14-20(27)23-16-8-10-17(11-9-16)24-22(29)19-12-13-21(28)26(25-19)18-6-4-3-5-7-18/h3-11,15H,12-14H2,1-2H3,(H,23,27)(H,24,29). The van der Waals surface area contributed by atoms with E-state index in [1.165, 1.54) is 5.01 Å². The third kappa shape index (κ3) is 5.51. The van der Waals surface area contributed by atoms with Crippen molar-refractivity contribution in [2.45, 2.75) is 33.1 Å².